The third-order valence-corrected chi connectivity index (χ3v) is 4.84. The molecule has 1 aliphatic heterocycles. The van der Waals surface area contributed by atoms with Crippen molar-refractivity contribution >= 4 is 34.9 Å². The summed E-state index contributed by atoms with van der Waals surface area (Å²) >= 11 is 5.91. The molecule has 2 aromatic rings. The number of para-hydroxylation sites is 1. The van der Waals surface area contributed by atoms with E-state index >= 15 is 0 Å². The number of amides is 1. The maximum atomic E-state index is 13.4. The summed E-state index contributed by atoms with van der Waals surface area (Å²) in [5.74, 6) is -2.58. The zero-order chi connectivity index (χ0) is 21.2. The number of ketones is 1. The van der Waals surface area contributed by atoms with Gasteiger partial charge in [-0.05, 0) is 36.4 Å². The van der Waals surface area contributed by atoms with Crippen LogP contribution in [0.1, 0.15) is 10.4 Å². The molecule has 3 rings (SSSR count). The van der Waals surface area contributed by atoms with Crippen LogP contribution in [-0.4, -0.2) is 44.7 Å². The van der Waals surface area contributed by atoms with Crippen LogP contribution < -0.4 is 4.90 Å². The monoisotopic (exact) mass is 415 g/mol. The summed E-state index contributed by atoms with van der Waals surface area (Å²) in [6.45, 7) is 0. The summed E-state index contributed by atoms with van der Waals surface area (Å²) in [6.07, 6.45) is 0. The minimum atomic E-state index is -2.16. The van der Waals surface area contributed by atoms with E-state index in [1.165, 1.54) is 38.5 Å². The Morgan fingerprint density at radius 2 is 1.59 bits per heavy atom. The van der Waals surface area contributed by atoms with E-state index in [4.69, 9.17) is 25.8 Å². The quantitative estimate of drug-likeness (QED) is 0.533. The van der Waals surface area contributed by atoms with Crippen LogP contribution in [0.15, 0.2) is 65.9 Å². The van der Waals surface area contributed by atoms with Crippen LogP contribution in [0.3, 0.4) is 0 Å². The summed E-state index contributed by atoms with van der Waals surface area (Å²) < 4.78 is 15.7. The number of benzene rings is 2. The van der Waals surface area contributed by atoms with E-state index < -0.39 is 23.4 Å². The molecule has 1 amide bonds. The molecule has 2 aromatic carbocycles. The summed E-state index contributed by atoms with van der Waals surface area (Å²) in [5.41, 5.74) is -1.90. The maximum Gasteiger partial charge on any atom is 0.365 e. The molecule has 29 heavy (non-hydrogen) atoms. The lowest BCUT2D eigenvalue weighted by Gasteiger charge is -2.35. The largest absolute Gasteiger partial charge is 0.491 e. The molecule has 0 N–H and O–H groups in total. The first-order chi connectivity index (χ1) is 13.9. The molecule has 150 valence electrons. The van der Waals surface area contributed by atoms with Gasteiger partial charge in [0.15, 0.2) is 11.5 Å². The SMILES string of the molecule is COC(=O)C1(OC)C(C(=O)c2ccc(Cl)cc2)=C(OC)C(=O)N1c1ccccc1. The molecule has 0 aliphatic carbocycles. The minimum absolute atomic E-state index is 0.201. The highest BCUT2D eigenvalue weighted by atomic mass is 35.5. The molecular weight excluding hydrogens is 398 g/mol. The minimum Gasteiger partial charge on any atom is -0.491 e. The Morgan fingerprint density at radius 1 is 0.966 bits per heavy atom. The predicted molar refractivity (Wildman–Crippen MR) is 106 cm³/mol. The van der Waals surface area contributed by atoms with Crippen molar-refractivity contribution in [3.05, 3.63) is 76.5 Å². The van der Waals surface area contributed by atoms with Gasteiger partial charge in [0, 0.05) is 23.4 Å². The highest BCUT2D eigenvalue weighted by Gasteiger charge is 2.62. The maximum absolute atomic E-state index is 13.4. The lowest BCUT2D eigenvalue weighted by molar-refractivity contribution is -0.161. The number of carbonyl (C=O) groups excluding carboxylic acids is 3. The van der Waals surface area contributed by atoms with Gasteiger partial charge in [0.25, 0.3) is 11.6 Å². The third kappa shape index (κ3) is 3.18. The highest BCUT2D eigenvalue weighted by Crippen LogP contribution is 2.42. The number of methoxy groups -OCH3 is 3. The second-order valence-corrected chi connectivity index (χ2v) is 6.50. The van der Waals surface area contributed by atoms with E-state index in [1.807, 2.05) is 0 Å². The van der Waals surface area contributed by atoms with Crippen molar-refractivity contribution in [2.24, 2.45) is 0 Å². The van der Waals surface area contributed by atoms with E-state index in [0.29, 0.717) is 10.7 Å². The average molecular weight is 416 g/mol. The molecule has 8 heteroatoms. The number of hydrogen-bond acceptors (Lipinski definition) is 6. The summed E-state index contributed by atoms with van der Waals surface area (Å²) in [5, 5.41) is 0.432. The molecule has 0 radical (unpaired) electrons. The number of nitrogens with zero attached hydrogens (tertiary/aromatic N) is 1. The number of Topliss-reactive ketones (excluding diaryl/α,β-unsaturated/α-hetero) is 1. The fourth-order valence-electron chi connectivity index (χ4n) is 3.29. The first-order valence-electron chi connectivity index (χ1n) is 8.54. The van der Waals surface area contributed by atoms with E-state index in [1.54, 1.807) is 30.3 Å². The van der Waals surface area contributed by atoms with Crippen LogP contribution >= 0.6 is 11.6 Å². The number of ether oxygens (including phenoxy) is 3. The van der Waals surface area contributed by atoms with Crippen molar-refractivity contribution in [3.63, 3.8) is 0 Å². The van der Waals surface area contributed by atoms with Crippen molar-refractivity contribution in [1.82, 2.24) is 0 Å². The zero-order valence-electron chi connectivity index (χ0n) is 16.0. The van der Waals surface area contributed by atoms with Crippen LogP contribution in [0.4, 0.5) is 5.69 Å². The number of halogens is 1. The number of esters is 1. The molecule has 0 saturated carbocycles. The van der Waals surface area contributed by atoms with Crippen LogP contribution in [0, 0.1) is 0 Å². The second kappa shape index (κ2) is 8.06. The van der Waals surface area contributed by atoms with Gasteiger partial charge in [-0.25, -0.2) is 4.79 Å². The van der Waals surface area contributed by atoms with Crippen molar-refractivity contribution in [1.29, 1.82) is 0 Å². The summed E-state index contributed by atoms with van der Waals surface area (Å²) in [6, 6.07) is 14.4. The first-order valence-corrected chi connectivity index (χ1v) is 8.92. The summed E-state index contributed by atoms with van der Waals surface area (Å²) in [4.78, 5) is 40.6. The fourth-order valence-corrected chi connectivity index (χ4v) is 3.42. The lowest BCUT2D eigenvalue weighted by atomic mass is 9.94. The first kappa shape index (κ1) is 20.6. The van der Waals surface area contributed by atoms with Crippen molar-refractivity contribution < 1.29 is 28.6 Å². The predicted octanol–water partition coefficient (Wildman–Crippen LogP) is 2.99. The third-order valence-electron chi connectivity index (χ3n) is 4.59. The molecule has 0 bridgehead atoms. The fraction of sp³-hybridized carbons (Fsp3) is 0.190. The second-order valence-electron chi connectivity index (χ2n) is 6.06. The van der Waals surface area contributed by atoms with Crippen molar-refractivity contribution in [2.75, 3.05) is 26.2 Å². The Morgan fingerprint density at radius 3 is 2.10 bits per heavy atom. The Balaban J connectivity index is 2.28. The van der Waals surface area contributed by atoms with E-state index in [-0.39, 0.29) is 16.9 Å². The highest BCUT2D eigenvalue weighted by molar-refractivity contribution is 6.31. The van der Waals surface area contributed by atoms with Crippen LogP contribution in [0.25, 0.3) is 0 Å². The van der Waals surface area contributed by atoms with Gasteiger partial charge in [-0.15, -0.1) is 0 Å². The lowest BCUT2D eigenvalue weighted by Crippen LogP contribution is -2.57. The Labute approximate surface area is 172 Å². The van der Waals surface area contributed by atoms with Gasteiger partial charge in [0.05, 0.1) is 14.2 Å². The Hall–Kier alpha value is -3.16. The average Bonchev–Trinajstić information content (AvgIpc) is 3.02. The van der Waals surface area contributed by atoms with E-state index in [9.17, 15) is 14.4 Å². The van der Waals surface area contributed by atoms with E-state index in [2.05, 4.69) is 0 Å². The standard InChI is InChI=1S/C21H18ClNO6/c1-27-18-16(17(24)13-9-11-14(22)12-10-13)21(29-3,20(26)28-2)23(19(18)25)15-7-5-4-6-8-15/h4-12H,1-3H3. The van der Waals surface area contributed by atoms with Gasteiger partial charge in [0.2, 0.25) is 0 Å². The smallest absolute Gasteiger partial charge is 0.365 e. The molecule has 1 heterocycles. The van der Waals surface area contributed by atoms with Gasteiger partial charge in [-0.3, -0.25) is 14.5 Å². The molecule has 0 aromatic heterocycles. The molecule has 7 nitrogen and oxygen atoms in total. The molecule has 1 aliphatic rings. The van der Waals surface area contributed by atoms with E-state index in [0.717, 1.165) is 12.0 Å². The summed E-state index contributed by atoms with van der Waals surface area (Å²) in [7, 11) is 3.61. The van der Waals surface area contributed by atoms with Crippen molar-refractivity contribution in [2.45, 2.75) is 5.72 Å². The number of carbonyl (C=O) groups is 3. The number of rotatable bonds is 6. The normalized spacial score (nSPS) is 18.8. The number of anilines is 1. The van der Waals surface area contributed by atoms with Crippen molar-refractivity contribution in [3.8, 4) is 0 Å². The van der Waals surface area contributed by atoms with Gasteiger partial charge in [-0.1, -0.05) is 29.8 Å². The van der Waals surface area contributed by atoms with Gasteiger partial charge >= 0.3 is 5.97 Å². The molecule has 0 spiro atoms. The van der Waals surface area contributed by atoms with Crippen LogP contribution in [0.5, 0.6) is 0 Å². The van der Waals surface area contributed by atoms with Gasteiger partial charge in [-0.2, -0.15) is 0 Å². The number of hydrogen-bond donors (Lipinski definition) is 0. The van der Waals surface area contributed by atoms with Crippen LogP contribution in [0.2, 0.25) is 5.02 Å². The molecule has 1 unspecified atom stereocenters. The molecule has 0 saturated heterocycles. The van der Waals surface area contributed by atoms with Gasteiger partial charge < -0.3 is 14.2 Å². The molecular formula is C21H18ClNO6. The Kier molecular flexibility index (Phi) is 5.72. The topological polar surface area (TPSA) is 82.1 Å². The molecule has 0 fully saturated rings. The zero-order valence-corrected chi connectivity index (χ0v) is 16.7. The molecule has 1 atom stereocenters. The van der Waals surface area contributed by atoms with Crippen LogP contribution in [-0.2, 0) is 23.8 Å². The Bertz CT molecular complexity index is 986. The van der Waals surface area contributed by atoms with Gasteiger partial charge in [0.1, 0.15) is 5.57 Å².